The first kappa shape index (κ1) is 18.9. The molecule has 0 atom stereocenters. The van der Waals surface area contributed by atoms with Crippen molar-refractivity contribution in [1.29, 1.82) is 0 Å². The number of aryl methyl sites for hydroxylation is 2. The summed E-state index contributed by atoms with van der Waals surface area (Å²) in [6, 6.07) is 7.75. The largest absolute Gasteiger partial charge is 0.329 e. The van der Waals surface area contributed by atoms with Crippen molar-refractivity contribution in [2.75, 3.05) is 18.9 Å². The number of para-hydroxylation sites is 2. The molecule has 1 N–H and O–H groups in total. The Morgan fingerprint density at radius 1 is 1.21 bits per heavy atom. The second-order valence-electron chi connectivity index (χ2n) is 7.25. The Bertz CT molecular complexity index is 1060. The number of anilines is 1. The van der Waals surface area contributed by atoms with E-state index in [0.29, 0.717) is 18.2 Å². The maximum Gasteiger partial charge on any atom is 0.329 e. The number of imidazole rings is 1. The molecule has 3 heterocycles. The molecule has 0 fully saturated rings. The lowest BCUT2D eigenvalue weighted by molar-refractivity contribution is -0.116. The van der Waals surface area contributed by atoms with E-state index in [0.717, 1.165) is 42.7 Å². The van der Waals surface area contributed by atoms with Gasteiger partial charge in [-0.05, 0) is 25.6 Å². The fraction of sp³-hybridized carbons (Fsp3) is 0.450. The molecule has 0 aliphatic carbocycles. The molecule has 0 radical (unpaired) electrons. The number of nitrogens with one attached hydrogen (secondary N) is 1. The highest BCUT2D eigenvalue weighted by Gasteiger charge is 2.19. The van der Waals surface area contributed by atoms with Crippen LogP contribution in [-0.2, 0) is 30.8 Å². The molecule has 2 aromatic heterocycles. The lowest BCUT2D eigenvalue weighted by atomic mass is 10.2. The maximum atomic E-state index is 12.8. The number of thiazole rings is 1. The van der Waals surface area contributed by atoms with E-state index in [1.807, 2.05) is 24.3 Å². The lowest BCUT2D eigenvalue weighted by Gasteiger charge is -2.20. The predicted molar refractivity (Wildman–Crippen MR) is 112 cm³/mol. The van der Waals surface area contributed by atoms with Gasteiger partial charge >= 0.3 is 5.69 Å². The molecule has 0 saturated heterocycles. The van der Waals surface area contributed by atoms with Crippen LogP contribution < -0.4 is 11.0 Å². The van der Waals surface area contributed by atoms with E-state index in [2.05, 4.69) is 29.2 Å². The van der Waals surface area contributed by atoms with Crippen molar-refractivity contribution < 1.29 is 4.79 Å². The van der Waals surface area contributed by atoms with Crippen molar-refractivity contribution in [3.8, 4) is 0 Å². The zero-order valence-corrected chi connectivity index (χ0v) is 17.1. The first-order valence-electron chi connectivity index (χ1n) is 9.72. The van der Waals surface area contributed by atoms with Gasteiger partial charge in [0.2, 0.25) is 5.91 Å². The van der Waals surface area contributed by atoms with Crippen molar-refractivity contribution in [2.24, 2.45) is 0 Å². The monoisotopic (exact) mass is 399 g/mol. The highest BCUT2D eigenvalue weighted by molar-refractivity contribution is 7.15. The van der Waals surface area contributed by atoms with Gasteiger partial charge in [0, 0.05) is 43.9 Å². The second-order valence-corrected chi connectivity index (χ2v) is 8.33. The number of hydrogen-bond donors (Lipinski definition) is 1. The number of carbonyl (C=O) groups excluding carboxylic acids is 1. The smallest absolute Gasteiger partial charge is 0.302 e. The number of nitrogens with zero attached hydrogens (tertiary/aromatic N) is 4. The van der Waals surface area contributed by atoms with Crippen molar-refractivity contribution in [1.82, 2.24) is 19.0 Å². The molecule has 0 saturated carbocycles. The average molecular weight is 400 g/mol. The molecule has 7 nitrogen and oxygen atoms in total. The molecule has 28 heavy (non-hydrogen) atoms. The number of rotatable bonds is 6. The Labute approximate surface area is 167 Å². The van der Waals surface area contributed by atoms with Gasteiger partial charge in [-0.1, -0.05) is 19.1 Å². The van der Waals surface area contributed by atoms with Gasteiger partial charge in [0.15, 0.2) is 5.13 Å². The molecular formula is C20H25N5O2S. The third kappa shape index (κ3) is 3.62. The van der Waals surface area contributed by atoms with Crippen LogP contribution in [0, 0.1) is 0 Å². The molecule has 8 heteroatoms. The SMILES string of the molecule is CCCn1c(=O)n(CCC(=O)Nc2nc3c(s2)CN(C)CC3)c2ccccc21. The summed E-state index contributed by atoms with van der Waals surface area (Å²) in [5.74, 6) is -0.112. The third-order valence-corrected chi connectivity index (χ3v) is 6.10. The molecule has 1 aliphatic rings. The Morgan fingerprint density at radius 3 is 2.64 bits per heavy atom. The van der Waals surface area contributed by atoms with Crippen LogP contribution in [-0.4, -0.2) is 38.5 Å². The molecule has 1 aliphatic heterocycles. The molecule has 4 rings (SSSR count). The quantitative estimate of drug-likeness (QED) is 0.692. The van der Waals surface area contributed by atoms with E-state index >= 15 is 0 Å². The predicted octanol–water partition coefficient (Wildman–Crippen LogP) is 2.69. The summed E-state index contributed by atoms with van der Waals surface area (Å²) in [5.41, 5.74) is 2.84. The number of aromatic nitrogens is 3. The van der Waals surface area contributed by atoms with Crippen molar-refractivity contribution >= 4 is 33.4 Å². The van der Waals surface area contributed by atoms with Gasteiger partial charge in [0.05, 0.1) is 16.7 Å². The average Bonchev–Trinajstić information content (AvgIpc) is 3.18. The molecule has 0 spiro atoms. The van der Waals surface area contributed by atoms with Crippen LogP contribution in [0.15, 0.2) is 29.1 Å². The third-order valence-electron chi connectivity index (χ3n) is 5.10. The van der Waals surface area contributed by atoms with E-state index in [1.54, 1.807) is 20.5 Å². The fourth-order valence-corrected chi connectivity index (χ4v) is 4.80. The van der Waals surface area contributed by atoms with Crippen LogP contribution in [0.1, 0.15) is 30.3 Å². The summed E-state index contributed by atoms with van der Waals surface area (Å²) < 4.78 is 3.49. The van der Waals surface area contributed by atoms with Gasteiger partial charge in [-0.3, -0.25) is 13.9 Å². The van der Waals surface area contributed by atoms with Crippen LogP contribution in [0.4, 0.5) is 5.13 Å². The Kier molecular flexibility index (Phi) is 5.32. The maximum absolute atomic E-state index is 12.8. The van der Waals surface area contributed by atoms with Gasteiger partial charge in [-0.15, -0.1) is 11.3 Å². The van der Waals surface area contributed by atoms with Crippen molar-refractivity contribution in [3.63, 3.8) is 0 Å². The minimum absolute atomic E-state index is 0.0522. The molecule has 1 amide bonds. The first-order valence-corrected chi connectivity index (χ1v) is 10.5. The van der Waals surface area contributed by atoms with Gasteiger partial charge in [-0.2, -0.15) is 0 Å². The molecular weight excluding hydrogens is 374 g/mol. The summed E-state index contributed by atoms with van der Waals surface area (Å²) in [6.07, 6.45) is 2.05. The second kappa shape index (κ2) is 7.89. The zero-order chi connectivity index (χ0) is 19.7. The van der Waals surface area contributed by atoms with Gasteiger partial charge in [-0.25, -0.2) is 9.78 Å². The summed E-state index contributed by atoms with van der Waals surface area (Å²) >= 11 is 1.55. The van der Waals surface area contributed by atoms with Crippen molar-refractivity contribution in [3.05, 3.63) is 45.3 Å². The number of carbonyl (C=O) groups is 1. The van der Waals surface area contributed by atoms with Gasteiger partial charge in [0.25, 0.3) is 0 Å². The van der Waals surface area contributed by atoms with E-state index in [-0.39, 0.29) is 18.0 Å². The number of fused-ring (bicyclic) bond motifs is 2. The number of hydrogen-bond acceptors (Lipinski definition) is 5. The van der Waals surface area contributed by atoms with Crippen LogP contribution in [0.2, 0.25) is 0 Å². The van der Waals surface area contributed by atoms with Crippen LogP contribution in [0.3, 0.4) is 0 Å². The van der Waals surface area contributed by atoms with Gasteiger partial charge in [0.1, 0.15) is 0 Å². The van der Waals surface area contributed by atoms with E-state index < -0.39 is 0 Å². The fourth-order valence-electron chi connectivity index (χ4n) is 3.70. The highest BCUT2D eigenvalue weighted by Crippen LogP contribution is 2.27. The van der Waals surface area contributed by atoms with E-state index in [4.69, 9.17) is 0 Å². The molecule has 3 aromatic rings. The topological polar surface area (TPSA) is 72.2 Å². The van der Waals surface area contributed by atoms with Gasteiger partial charge < -0.3 is 10.2 Å². The normalized spacial score (nSPS) is 14.4. The summed E-state index contributed by atoms with van der Waals surface area (Å²) in [5, 5.41) is 3.57. The minimum Gasteiger partial charge on any atom is -0.302 e. The van der Waals surface area contributed by atoms with E-state index in [9.17, 15) is 9.59 Å². The Hall–Kier alpha value is -2.45. The molecule has 148 valence electrons. The number of amides is 1. The minimum atomic E-state index is -0.112. The summed E-state index contributed by atoms with van der Waals surface area (Å²) in [4.78, 5) is 33.3. The highest BCUT2D eigenvalue weighted by atomic mass is 32.1. The van der Waals surface area contributed by atoms with Crippen LogP contribution in [0.25, 0.3) is 11.0 Å². The number of benzene rings is 1. The standard InChI is InChI=1S/C20H25N5O2S/c1-3-10-24-15-6-4-5-7-16(15)25(20(24)27)12-9-18(26)22-19-21-14-8-11-23(2)13-17(14)28-19/h4-7H,3,8-13H2,1-2H3,(H,21,22,26). The van der Waals surface area contributed by atoms with E-state index in [1.165, 1.54) is 4.88 Å². The molecule has 1 aromatic carbocycles. The molecule has 0 unspecified atom stereocenters. The zero-order valence-electron chi connectivity index (χ0n) is 16.3. The summed E-state index contributed by atoms with van der Waals surface area (Å²) in [7, 11) is 2.09. The van der Waals surface area contributed by atoms with Crippen molar-refractivity contribution in [2.45, 2.75) is 45.8 Å². The summed E-state index contributed by atoms with van der Waals surface area (Å²) in [6.45, 7) is 4.97. The van der Waals surface area contributed by atoms with Crippen LogP contribution in [0.5, 0.6) is 0 Å². The van der Waals surface area contributed by atoms with Crippen LogP contribution >= 0.6 is 11.3 Å². The Balaban J connectivity index is 1.47. The molecule has 0 bridgehead atoms. The Morgan fingerprint density at radius 2 is 1.93 bits per heavy atom. The lowest BCUT2D eigenvalue weighted by Crippen LogP contribution is -2.26. The first-order chi connectivity index (χ1) is 13.6. The number of likely N-dealkylation sites (N-methyl/N-ethyl adjacent to an activating group) is 1.